The third kappa shape index (κ3) is 8.90. The third-order valence-electron chi connectivity index (χ3n) is 6.24. The average molecular weight is 497 g/mol. The number of nitrogens with zero attached hydrogens (tertiary/aromatic N) is 1. The molecule has 1 unspecified atom stereocenters. The predicted octanol–water partition coefficient (Wildman–Crippen LogP) is 4.16. The van der Waals surface area contributed by atoms with Crippen molar-refractivity contribution in [2.24, 2.45) is 0 Å². The summed E-state index contributed by atoms with van der Waals surface area (Å²) in [6.45, 7) is 12.7. The van der Waals surface area contributed by atoms with Crippen molar-refractivity contribution in [3.8, 4) is 5.75 Å². The molecule has 0 spiro atoms. The van der Waals surface area contributed by atoms with Gasteiger partial charge in [-0.3, -0.25) is 9.69 Å². The lowest BCUT2D eigenvalue weighted by atomic mass is 9.94. The van der Waals surface area contributed by atoms with Crippen LogP contribution in [0.3, 0.4) is 0 Å². The Labute approximate surface area is 212 Å². The molecule has 0 radical (unpaired) electrons. The standard InChI is InChI=1S/C29H37FN2O4/c1-22(3-4-23(2)21-32-14-17-35-18-15-32)5-6-24-7-9-25(10-8-24)19-26(20-31-13-12-30)29-28(34)27(33)11-16-36-29/h3-4,7-11,16,26,31,34H,1-2,5-6,12-15,17-21H2/b4-3-. The summed E-state index contributed by atoms with van der Waals surface area (Å²) in [7, 11) is 0. The topological polar surface area (TPSA) is 74.9 Å². The molecule has 36 heavy (non-hydrogen) atoms. The highest BCUT2D eigenvalue weighted by atomic mass is 19.1. The fourth-order valence-corrected chi connectivity index (χ4v) is 4.17. The third-order valence-corrected chi connectivity index (χ3v) is 6.24. The molecule has 0 bridgehead atoms. The highest BCUT2D eigenvalue weighted by Crippen LogP contribution is 2.26. The zero-order valence-electron chi connectivity index (χ0n) is 20.9. The Morgan fingerprint density at radius 3 is 2.53 bits per heavy atom. The van der Waals surface area contributed by atoms with E-state index < -0.39 is 12.1 Å². The summed E-state index contributed by atoms with van der Waals surface area (Å²) < 4.78 is 23.4. The number of aryl methyl sites for hydroxylation is 1. The number of aromatic hydroxyl groups is 1. The molecule has 1 aliphatic heterocycles. The first-order valence-corrected chi connectivity index (χ1v) is 12.4. The predicted molar refractivity (Wildman–Crippen MR) is 141 cm³/mol. The summed E-state index contributed by atoms with van der Waals surface area (Å²) >= 11 is 0. The SMILES string of the molecule is C=C(/C=C\C(=C)CN1CCOCC1)CCc1ccc(CC(CNCCF)c2occc(=O)c2O)cc1. The van der Waals surface area contributed by atoms with Crippen LogP contribution in [0.5, 0.6) is 5.75 Å². The molecule has 1 saturated heterocycles. The number of ether oxygens (including phenoxy) is 1. The summed E-state index contributed by atoms with van der Waals surface area (Å²) in [6.07, 6.45) is 7.64. The van der Waals surface area contributed by atoms with Gasteiger partial charge in [-0.1, -0.05) is 55.1 Å². The minimum absolute atomic E-state index is 0.201. The van der Waals surface area contributed by atoms with Gasteiger partial charge < -0.3 is 19.6 Å². The molecule has 1 atom stereocenters. The quantitative estimate of drug-likeness (QED) is 0.302. The van der Waals surface area contributed by atoms with Gasteiger partial charge in [-0.15, -0.1) is 0 Å². The highest BCUT2D eigenvalue weighted by molar-refractivity contribution is 5.31. The van der Waals surface area contributed by atoms with Gasteiger partial charge in [0.25, 0.3) is 0 Å². The Morgan fingerprint density at radius 2 is 1.81 bits per heavy atom. The molecule has 7 heteroatoms. The van der Waals surface area contributed by atoms with Gasteiger partial charge in [-0.2, -0.15) is 0 Å². The van der Waals surface area contributed by atoms with Crippen molar-refractivity contribution in [3.63, 3.8) is 0 Å². The Kier molecular flexibility index (Phi) is 11.1. The van der Waals surface area contributed by atoms with E-state index in [0.29, 0.717) is 13.0 Å². The van der Waals surface area contributed by atoms with Crippen molar-refractivity contribution >= 4 is 0 Å². The molecule has 0 saturated carbocycles. The van der Waals surface area contributed by atoms with Gasteiger partial charge in [0.05, 0.1) is 19.5 Å². The molecule has 0 aliphatic carbocycles. The van der Waals surface area contributed by atoms with E-state index in [1.165, 1.54) is 17.9 Å². The zero-order chi connectivity index (χ0) is 25.8. The van der Waals surface area contributed by atoms with Crippen molar-refractivity contribution in [3.05, 3.63) is 100 Å². The molecule has 1 aliphatic rings. The number of hydrogen-bond donors (Lipinski definition) is 2. The number of morpholine rings is 1. The minimum Gasteiger partial charge on any atom is -0.502 e. The van der Waals surface area contributed by atoms with Crippen LogP contribution < -0.4 is 10.7 Å². The smallest absolute Gasteiger partial charge is 0.226 e. The van der Waals surface area contributed by atoms with Crippen molar-refractivity contribution in [1.29, 1.82) is 0 Å². The van der Waals surface area contributed by atoms with Crippen LogP contribution in [0, 0.1) is 0 Å². The van der Waals surface area contributed by atoms with E-state index in [0.717, 1.165) is 62.4 Å². The Bertz CT molecular complexity index is 1070. The maximum Gasteiger partial charge on any atom is 0.226 e. The van der Waals surface area contributed by atoms with Crippen LogP contribution in [-0.2, 0) is 17.6 Å². The maximum atomic E-state index is 12.6. The molecule has 2 N–H and O–H groups in total. The number of halogens is 1. The lowest BCUT2D eigenvalue weighted by Gasteiger charge is -2.26. The molecule has 3 rings (SSSR count). The molecule has 1 fully saturated rings. The molecule has 194 valence electrons. The van der Waals surface area contributed by atoms with Crippen LogP contribution >= 0.6 is 0 Å². The summed E-state index contributed by atoms with van der Waals surface area (Å²) in [5, 5.41) is 13.2. The van der Waals surface area contributed by atoms with E-state index >= 15 is 0 Å². The Morgan fingerprint density at radius 1 is 1.11 bits per heavy atom. The monoisotopic (exact) mass is 496 g/mol. The van der Waals surface area contributed by atoms with Gasteiger partial charge in [0.15, 0.2) is 5.76 Å². The van der Waals surface area contributed by atoms with Crippen LogP contribution in [0.15, 0.2) is 82.3 Å². The fraction of sp³-hybridized carbons (Fsp3) is 0.414. The van der Waals surface area contributed by atoms with E-state index in [4.69, 9.17) is 9.15 Å². The van der Waals surface area contributed by atoms with Gasteiger partial charge >= 0.3 is 0 Å². The lowest BCUT2D eigenvalue weighted by Crippen LogP contribution is -2.37. The number of nitrogens with one attached hydrogen (secondary N) is 1. The maximum absolute atomic E-state index is 12.6. The molecule has 1 aromatic carbocycles. The van der Waals surface area contributed by atoms with Crippen LogP contribution in [0.25, 0.3) is 0 Å². The van der Waals surface area contributed by atoms with Crippen LogP contribution in [-0.4, -0.2) is 62.6 Å². The van der Waals surface area contributed by atoms with Crippen LogP contribution in [0.4, 0.5) is 4.39 Å². The van der Waals surface area contributed by atoms with E-state index in [1.54, 1.807) is 0 Å². The molecule has 2 aromatic rings. The van der Waals surface area contributed by atoms with Gasteiger partial charge in [0.2, 0.25) is 11.2 Å². The summed E-state index contributed by atoms with van der Waals surface area (Å²) in [5.74, 6) is -0.469. The summed E-state index contributed by atoms with van der Waals surface area (Å²) in [4.78, 5) is 14.2. The molecule has 0 amide bonds. The molecular formula is C29H37FN2O4. The van der Waals surface area contributed by atoms with Gasteiger partial charge in [-0.05, 0) is 36.0 Å². The number of rotatable bonds is 14. The normalized spacial score (nSPS) is 15.2. The van der Waals surface area contributed by atoms with Crippen molar-refractivity contribution < 1.29 is 18.7 Å². The largest absolute Gasteiger partial charge is 0.502 e. The van der Waals surface area contributed by atoms with Crippen LogP contribution in [0.1, 0.15) is 29.2 Å². The molecular weight excluding hydrogens is 459 g/mol. The van der Waals surface area contributed by atoms with Crippen molar-refractivity contribution in [1.82, 2.24) is 10.2 Å². The molecule has 1 aromatic heterocycles. The van der Waals surface area contributed by atoms with Crippen LogP contribution in [0.2, 0.25) is 0 Å². The van der Waals surface area contributed by atoms with Crippen molar-refractivity contribution in [2.75, 3.05) is 52.6 Å². The van der Waals surface area contributed by atoms with E-state index in [2.05, 4.69) is 41.6 Å². The Balaban J connectivity index is 1.51. The van der Waals surface area contributed by atoms with E-state index in [9.17, 15) is 14.3 Å². The van der Waals surface area contributed by atoms with E-state index in [1.807, 2.05) is 18.2 Å². The van der Waals surface area contributed by atoms with Crippen molar-refractivity contribution in [2.45, 2.75) is 25.2 Å². The van der Waals surface area contributed by atoms with Gasteiger partial charge in [0, 0.05) is 44.7 Å². The Hall–Kier alpha value is -3.00. The number of allylic oxidation sites excluding steroid dienone is 2. The fourth-order valence-electron chi connectivity index (χ4n) is 4.17. The first kappa shape index (κ1) is 27.6. The second-order valence-electron chi connectivity index (χ2n) is 9.15. The highest BCUT2D eigenvalue weighted by Gasteiger charge is 2.20. The average Bonchev–Trinajstić information content (AvgIpc) is 2.89. The molecule has 6 nitrogen and oxygen atoms in total. The minimum atomic E-state index is -0.491. The second kappa shape index (κ2) is 14.5. The number of alkyl halides is 1. The van der Waals surface area contributed by atoms with Gasteiger partial charge in [0.1, 0.15) is 6.67 Å². The lowest BCUT2D eigenvalue weighted by molar-refractivity contribution is 0.0426. The van der Waals surface area contributed by atoms with E-state index in [-0.39, 0.29) is 24.0 Å². The molecule has 2 heterocycles. The first-order chi connectivity index (χ1) is 17.5. The zero-order valence-corrected chi connectivity index (χ0v) is 20.9. The second-order valence-corrected chi connectivity index (χ2v) is 9.15. The summed E-state index contributed by atoms with van der Waals surface area (Å²) in [6, 6.07) is 9.42. The summed E-state index contributed by atoms with van der Waals surface area (Å²) in [5.41, 5.74) is 3.87. The number of benzene rings is 1. The van der Waals surface area contributed by atoms with Gasteiger partial charge in [-0.25, -0.2) is 4.39 Å². The number of hydrogen-bond acceptors (Lipinski definition) is 6. The first-order valence-electron chi connectivity index (χ1n) is 12.4.